The molecule has 146 valence electrons. The zero-order valence-corrected chi connectivity index (χ0v) is 16.0. The Morgan fingerprint density at radius 2 is 1.78 bits per heavy atom. The van der Waals surface area contributed by atoms with E-state index in [1.165, 1.54) is 18.2 Å². The molecule has 0 saturated heterocycles. The minimum absolute atomic E-state index is 0.0194. The number of nitrogens with one attached hydrogen (secondary N) is 2. The maximum absolute atomic E-state index is 13.7. The minimum Gasteiger partial charge on any atom is -0.492 e. The highest BCUT2D eigenvalue weighted by molar-refractivity contribution is 7.91. The van der Waals surface area contributed by atoms with Crippen molar-refractivity contribution in [3.8, 4) is 5.75 Å². The fourth-order valence-corrected chi connectivity index (χ4v) is 3.48. The predicted molar refractivity (Wildman–Crippen MR) is 104 cm³/mol. The van der Waals surface area contributed by atoms with E-state index in [1.807, 2.05) is 37.3 Å². The van der Waals surface area contributed by atoms with Crippen LogP contribution < -0.4 is 15.4 Å². The largest absolute Gasteiger partial charge is 0.492 e. The summed E-state index contributed by atoms with van der Waals surface area (Å²) in [5, 5.41) is 6.11. The molecule has 6 nitrogen and oxygen atoms in total. The zero-order valence-electron chi connectivity index (χ0n) is 15.2. The smallest absolute Gasteiger partial charge is 0.191 e. The average molecular weight is 393 g/mol. The van der Waals surface area contributed by atoms with Crippen LogP contribution in [0.25, 0.3) is 0 Å². The summed E-state index contributed by atoms with van der Waals surface area (Å²) >= 11 is 0. The molecule has 0 aliphatic rings. The van der Waals surface area contributed by atoms with Gasteiger partial charge in [-0.1, -0.05) is 30.3 Å². The number of hydrogen-bond donors (Lipinski definition) is 2. The zero-order chi connectivity index (χ0) is 19.5. The van der Waals surface area contributed by atoms with Crippen LogP contribution in [0.5, 0.6) is 5.75 Å². The van der Waals surface area contributed by atoms with Crippen molar-refractivity contribution in [2.24, 2.45) is 4.99 Å². The van der Waals surface area contributed by atoms with E-state index in [4.69, 9.17) is 4.74 Å². The number of aliphatic imine (C=N–C) groups is 1. The number of ether oxygens (including phenoxy) is 1. The fraction of sp³-hybridized carbons (Fsp3) is 0.316. The highest BCUT2D eigenvalue weighted by atomic mass is 32.2. The van der Waals surface area contributed by atoms with Gasteiger partial charge in [0.25, 0.3) is 0 Å². The van der Waals surface area contributed by atoms with Crippen LogP contribution in [0, 0.1) is 5.82 Å². The van der Waals surface area contributed by atoms with Gasteiger partial charge in [0.1, 0.15) is 23.1 Å². The first-order valence-corrected chi connectivity index (χ1v) is 10.4. The molecule has 0 spiro atoms. The number of hydrogen-bond acceptors (Lipinski definition) is 4. The summed E-state index contributed by atoms with van der Waals surface area (Å²) in [6.07, 6.45) is 0. The summed E-state index contributed by atoms with van der Waals surface area (Å²) in [6, 6.07) is 14.8. The van der Waals surface area contributed by atoms with Crippen molar-refractivity contribution in [3.05, 3.63) is 60.4 Å². The van der Waals surface area contributed by atoms with Gasteiger partial charge in [0.15, 0.2) is 15.8 Å². The molecule has 8 heteroatoms. The Kier molecular flexibility index (Phi) is 8.06. The number of sulfone groups is 1. The first-order valence-electron chi connectivity index (χ1n) is 8.70. The third-order valence-corrected chi connectivity index (χ3v) is 5.27. The maximum Gasteiger partial charge on any atom is 0.191 e. The van der Waals surface area contributed by atoms with E-state index >= 15 is 0 Å². The topological polar surface area (TPSA) is 79.8 Å². The molecule has 0 atom stereocenters. The first-order chi connectivity index (χ1) is 13.0. The molecule has 27 heavy (non-hydrogen) atoms. The van der Waals surface area contributed by atoms with Crippen LogP contribution in [0.1, 0.15) is 6.92 Å². The predicted octanol–water partition coefficient (Wildman–Crippen LogP) is 2.23. The molecule has 0 aliphatic carbocycles. The Balaban J connectivity index is 1.84. The highest BCUT2D eigenvalue weighted by Crippen LogP contribution is 2.15. The van der Waals surface area contributed by atoms with E-state index < -0.39 is 15.7 Å². The summed E-state index contributed by atoms with van der Waals surface area (Å²) in [6.45, 7) is 3.49. The molecule has 0 fully saturated rings. The van der Waals surface area contributed by atoms with Gasteiger partial charge in [0.05, 0.1) is 18.8 Å². The monoisotopic (exact) mass is 393 g/mol. The van der Waals surface area contributed by atoms with Crippen molar-refractivity contribution in [1.29, 1.82) is 0 Å². The summed E-state index contributed by atoms with van der Waals surface area (Å²) < 4.78 is 43.7. The fourth-order valence-electron chi connectivity index (χ4n) is 2.28. The van der Waals surface area contributed by atoms with Crippen molar-refractivity contribution in [3.63, 3.8) is 0 Å². The van der Waals surface area contributed by atoms with Crippen LogP contribution in [-0.2, 0) is 9.84 Å². The molecule has 0 radical (unpaired) electrons. The maximum atomic E-state index is 13.7. The van der Waals surface area contributed by atoms with Crippen molar-refractivity contribution < 1.29 is 17.5 Å². The second-order valence-corrected chi connectivity index (χ2v) is 7.68. The average Bonchev–Trinajstić information content (AvgIpc) is 2.66. The van der Waals surface area contributed by atoms with Crippen LogP contribution in [0.15, 0.2) is 64.5 Å². The highest BCUT2D eigenvalue weighted by Gasteiger charge is 2.18. The number of benzene rings is 2. The van der Waals surface area contributed by atoms with Gasteiger partial charge in [0, 0.05) is 6.54 Å². The van der Waals surface area contributed by atoms with Crippen LogP contribution in [-0.4, -0.2) is 46.4 Å². The Hall–Kier alpha value is -2.61. The molecule has 0 amide bonds. The SMILES string of the molecule is CCNC(=NCCS(=O)(=O)c1ccccc1F)NCCOc1ccccc1. The summed E-state index contributed by atoms with van der Waals surface area (Å²) in [5.41, 5.74) is 0. The van der Waals surface area contributed by atoms with E-state index in [0.29, 0.717) is 25.7 Å². The molecule has 2 aromatic rings. The van der Waals surface area contributed by atoms with Crippen LogP contribution in [0.4, 0.5) is 4.39 Å². The standard InChI is InChI=1S/C19H24FN3O3S/c1-2-21-19(22-12-14-26-16-8-4-3-5-9-16)23-13-15-27(24,25)18-11-7-6-10-17(18)20/h3-11H,2,12-15H2,1H3,(H2,21,22,23). The first kappa shape index (κ1) is 20.7. The Labute approximate surface area is 159 Å². The van der Waals surface area contributed by atoms with Crippen molar-refractivity contribution in [1.82, 2.24) is 10.6 Å². The van der Waals surface area contributed by atoms with Crippen molar-refractivity contribution in [2.45, 2.75) is 11.8 Å². The molecule has 0 aliphatic heterocycles. The molecule has 0 unspecified atom stereocenters. The van der Waals surface area contributed by atoms with E-state index in [9.17, 15) is 12.8 Å². The quantitative estimate of drug-likeness (QED) is 0.388. The Morgan fingerprint density at radius 3 is 2.48 bits per heavy atom. The van der Waals surface area contributed by atoms with Gasteiger partial charge in [-0.05, 0) is 31.2 Å². The summed E-state index contributed by atoms with van der Waals surface area (Å²) in [7, 11) is -3.73. The molecule has 0 saturated carbocycles. The minimum atomic E-state index is -3.73. The normalized spacial score (nSPS) is 11.9. The van der Waals surface area contributed by atoms with E-state index in [0.717, 1.165) is 11.8 Å². The van der Waals surface area contributed by atoms with Gasteiger partial charge in [-0.3, -0.25) is 4.99 Å². The van der Waals surface area contributed by atoms with Gasteiger partial charge in [0.2, 0.25) is 0 Å². The van der Waals surface area contributed by atoms with Gasteiger partial charge in [-0.15, -0.1) is 0 Å². The van der Waals surface area contributed by atoms with Crippen LogP contribution in [0.3, 0.4) is 0 Å². The molecule has 2 rings (SSSR count). The second-order valence-electron chi connectivity index (χ2n) is 5.60. The lowest BCUT2D eigenvalue weighted by Crippen LogP contribution is -2.39. The lowest BCUT2D eigenvalue weighted by Gasteiger charge is -2.12. The van der Waals surface area contributed by atoms with Gasteiger partial charge >= 0.3 is 0 Å². The van der Waals surface area contributed by atoms with E-state index in [2.05, 4.69) is 15.6 Å². The van der Waals surface area contributed by atoms with E-state index in [-0.39, 0.29) is 17.2 Å². The molecule has 2 aromatic carbocycles. The van der Waals surface area contributed by atoms with Crippen molar-refractivity contribution >= 4 is 15.8 Å². The number of nitrogens with zero attached hydrogens (tertiary/aromatic N) is 1. The molecule has 2 N–H and O–H groups in total. The Morgan fingerprint density at radius 1 is 1.07 bits per heavy atom. The van der Waals surface area contributed by atoms with Gasteiger partial charge < -0.3 is 15.4 Å². The molecular formula is C19H24FN3O3S. The summed E-state index contributed by atoms with van der Waals surface area (Å²) in [4.78, 5) is 3.94. The number of para-hydroxylation sites is 1. The second kappa shape index (κ2) is 10.5. The van der Waals surface area contributed by atoms with Gasteiger partial charge in [-0.25, -0.2) is 12.8 Å². The molecule has 0 aromatic heterocycles. The van der Waals surface area contributed by atoms with Crippen molar-refractivity contribution in [2.75, 3.05) is 32.0 Å². The summed E-state index contributed by atoms with van der Waals surface area (Å²) in [5.74, 6) is 0.241. The third-order valence-electron chi connectivity index (χ3n) is 3.55. The number of guanidine groups is 1. The number of halogens is 1. The van der Waals surface area contributed by atoms with E-state index in [1.54, 1.807) is 0 Å². The number of rotatable bonds is 9. The molecular weight excluding hydrogens is 369 g/mol. The third kappa shape index (κ3) is 6.90. The van der Waals surface area contributed by atoms with Crippen LogP contribution in [0.2, 0.25) is 0 Å². The van der Waals surface area contributed by atoms with Gasteiger partial charge in [-0.2, -0.15) is 0 Å². The lowest BCUT2D eigenvalue weighted by molar-refractivity contribution is 0.322. The van der Waals surface area contributed by atoms with Crippen LogP contribution >= 0.6 is 0 Å². The Bertz CT molecular complexity index is 842. The molecule has 0 heterocycles. The molecule has 0 bridgehead atoms. The lowest BCUT2D eigenvalue weighted by atomic mass is 10.3.